The normalized spacial score (nSPS) is 17.1. The van der Waals surface area contributed by atoms with E-state index in [2.05, 4.69) is 33.0 Å². The molecule has 2 aromatic rings. The number of rotatable bonds is 1. The lowest BCUT2D eigenvalue weighted by molar-refractivity contribution is 0.440. The lowest BCUT2D eigenvalue weighted by Gasteiger charge is -2.38. The van der Waals surface area contributed by atoms with Crippen molar-refractivity contribution in [1.82, 2.24) is 19.6 Å². The first kappa shape index (κ1) is 8.64. The summed E-state index contributed by atoms with van der Waals surface area (Å²) in [5, 5.41) is 4.19. The van der Waals surface area contributed by atoms with Crippen LogP contribution in [0.25, 0.3) is 5.78 Å². The summed E-state index contributed by atoms with van der Waals surface area (Å²) in [5.41, 5.74) is 0.991. The summed E-state index contributed by atoms with van der Waals surface area (Å²) >= 11 is 0. The molecule has 2 aromatic heterocycles. The summed E-state index contributed by atoms with van der Waals surface area (Å²) in [6, 6.07) is 2.06. The maximum absolute atomic E-state index is 4.32. The predicted molar refractivity (Wildman–Crippen MR) is 56.9 cm³/mol. The van der Waals surface area contributed by atoms with Gasteiger partial charge in [0.1, 0.15) is 12.1 Å². The quantitative estimate of drug-likeness (QED) is 0.690. The van der Waals surface area contributed by atoms with Crippen molar-refractivity contribution >= 4 is 11.6 Å². The van der Waals surface area contributed by atoms with Crippen molar-refractivity contribution in [3.05, 3.63) is 18.1 Å². The Hall–Kier alpha value is -1.65. The first-order valence-corrected chi connectivity index (χ1v) is 5.16. The number of aryl methyl sites for hydroxylation is 1. The minimum Gasteiger partial charge on any atom is -0.356 e. The highest BCUT2D eigenvalue weighted by Crippen LogP contribution is 2.24. The summed E-state index contributed by atoms with van der Waals surface area (Å²) in [7, 11) is 0. The maximum atomic E-state index is 4.32. The van der Waals surface area contributed by atoms with E-state index in [1.54, 1.807) is 10.8 Å². The molecule has 0 aromatic carbocycles. The Balaban J connectivity index is 2.12. The molecule has 0 saturated carbocycles. The molecule has 5 heteroatoms. The topological polar surface area (TPSA) is 46.3 Å². The van der Waals surface area contributed by atoms with Gasteiger partial charge in [-0.05, 0) is 12.8 Å². The van der Waals surface area contributed by atoms with Gasteiger partial charge < -0.3 is 4.90 Å². The van der Waals surface area contributed by atoms with Gasteiger partial charge >= 0.3 is 0 Å². The predicted octanol–water partition coefficient (Wildman–Crippen LogP) is 0.889. The van der Waals surface area contributed by atoms with Crippen LogP contribution in [-0.2, 0) is 0 Å². The summed E-state index contributed by atoms with van der Waals surface area (Å²) in [6.45, 7) is 6.43. The van der Waals surface area contributed by atoms with Gasteiger partial charge in [0.15, 0.2) is 0 Å². The fourth-order valence-electron chi connectivity index (χ4n) is 2.02. The molecule has 5 nitrogen and oxygen atoms in total. The highest BCUT2D eigenvalue weighted by molar-refractivity contribution is 5.48. The van der Waals surface area contributed by atoms with Crippen molar-refractivity contribution in [2.45, 2.75) is 13.8 Å². The first-order chi connectivity index (χ1) is 7.24. The van der Waals surface area contributed by atoms with Crippen LogP contribution < -0.4 is 4.90 Å². The van der Waals surface area contributed by atoms with E-state index < -0.39 is 0 Å². The van der Waals surface area contributed by atoms with Gasteiger partial charge in [-0.1, -0.05) is 6.92 Å². The molecule has 78 valence electrons. The zero-order valence-electron chi connectivity index (χ0n) is 8.88. The van der Waals surface area contributed by atoms with Gasteiger partial charge in [0.05, 0.1) is 0 Å². The van der Waals surface area contributed by atoms with Crippen LogP contribution in [0.15, 0.2) is 12.4 Å². The largest absolute Gasteiger partial charge is 0.356 e. The van der Waals surface area contributed by atoms with Crippen molar-refractivity contribution in [3.63, 3.8) is 0 Å². The summed E-state index contributed by atoms with van der Waals surface area (Å²) in [5.74, 6) is 2.56. The zero-order valence-corrected chi connectivity index (χ0v) is 8.88. The number of fused-ring (bicyclic) bond motifs is 1. The first-order valence-electron chi connectivity index (χ1n) is 5.16. The Labute approximate surface area is 87.8 Å². The Kier molecular flexibility index (Phi) is 1.68. The van der Waals surface area contributed by atoms with Crippen molar-refractivity contribution in [3.8, 4) is 0 Å². The van der Waals surface area contributed by atoms with E-state index in [1.165, 1.54) is 0 Å². The minimum atomic E-state index is 0.685. The number of hydrogen-bond donors (Lipinski definition) is 0. The SMILES string of the molecule is Cc1cc(N2CC(C)C2)n2ncnc2n1. The molecule has 0 N–H and O–H groups in total. The van der Waals surface area contributed by atoms with Gasteiger partial charge in [0.2, 0.25) is 0 Å². The third-order valence-corrected chi connectivity index (χ3v) is 2.75. The average molecular weight is 203 g/mol. The average Bonchev–Trinajstić information content (AvgIpc) is 2.59. The van der Waals surface area contributed by atoms with Crippen LogP contribution >= 0.6 is 0 Å². The van der Waals surface area contributed by atoms with Crippen molar-refractivity contribution in [1.29, 1.82) is 0 Å². The molecular formula is C10H13N5. The second-order valence-corrected chi connectivity index (χ2v) is 4.24. The van der Waals surface area contributed by atoms with E-state index in [-0.39, 0.29) is 0 Å². The number of aromatic nitrogens is 4. The zero-order chi connectivity index (χ0) is 10.4. The van der Waals surface area contributed by atoms with Crippen LogP contribution in [0.1, 0.15) is 12.6 Å². The molecule has 1 aliphatic rings. The Bertz CT molecular complexity index is 497. The molecule has 1 fully saturated rings. The molecular weight excluding hydrogens is 190 g/mol. The smallest absolute Gasteiger partial charge is 0.254 e. The highest BCUT2D eigenvalue weighted by Gasteiger charge is 2.25. The molecule has 1 aliphatic heterocycles. The van der Waals surface area contributed by atoms with E-state index in [1.807, 2.05) is 6.92 Å². The van der Waals surface area contributed by atoms with Gasteiger partial charge in [0.25, 0.3) is 5.78 Å². The second-order valence-electron chi connectivity index (χ2n) is 4.24. The fraction of sp³-hybridized carbons (Fsp3) is 0.500. The molecule has 0 bridgehead atoms. The molecule has 3 rings (SSSR count). The van der Waals surface area contributed by atoms with Crippen molar-refractivity contribution in [2.24, 2.45) is 5.92 Å². The highest BCUT2D eigenvalue weighted by atomic mass is 15.4. The van der Waals surface area contributed by atoms with Gasteiger partial charge in [0, 0.05) is 24.8 Å². The standard InChI is InChI=1S/C10H13N5/c1-7-4-14(5-7)9-3-8(2)13-10-11-6-12-15(9)10/h3,6-7H,4-5H2,1-2H3. The van der Waals surface area contributed by atoms with Crippen LogP contribution in [0, 0.1) is 12.8 Å². The van der Waals surface area contributed by atoms with E-state index >= 15 is 0 Å². The molecule has 0 unspecified atom stereocenters. The summed E-state index contributed by atoms with van der Waals surface area (Å²) in [6.07, 6.45) is 1.55. The van der Waals surface area contributed by atoms with E-state index in [0.29, 0.717) is 5.78 Å². The molecule has 15 heavy (non-hydrogen) atoms. The van der Waals surface area contributed by atoms with Crippen LogP contribution in [0.2, 0.25) is 0 Å². The lowest BCUT2D eigenvalue weighted by atomic mass is 10.0. The summed E-state index contributed by atoms with van der Waals surface area (Å²) < 4.78 is 1.80. The van der Waals surface area contributed by atoms with Crippen LogP contribution in [0.4, 0.5) is 5.82 Å². The monoisotopic (exact) mass is 203 g/mol. The molecule has 0 spiro atoms. The number of anilines is 1. The van der Waals surface area contributed by atoms with E-state index in [9.17, 15) is 0 Å². The molecule has 0 atom stereocenters. The lowest BCUT2D eigenvalue weighted by Crippen LogP contribution is -2.46. The second kappa shape index (κ2) is 2.92. The fourth-order valence-corrected chi connectivity index (χ4v) is 2.02. The Morgan fingerprint density at radius 2 is 2.20 bits per heavy atom. The van der Waals surface area contributed by atoms with E-state index in [4.69, 9.17) is 0 Å². The third-order valence-electron chi connectivity index (χ3n) is 2.75. The van der Waals surface area contributed by atoms with Gasteiger partial charge in [-0.2, -0.15) is 14.6 Å². The molecule has 0 amide bonds. The van der Waals surface area contributed by atoms with Gasteiger partial charge in [-0.3, -0.25) is 0 Å². The summed E-state index contributed by atoms with van der Waals surface area (Å²) in [4.78, 5) is 10.7. The van der Waals surface area contributed by atoms with E-state index in [0.717, 1.165) is 30.5 Å². The number of hydrogen-bond acceptors (Lipinski definition) is 4. The Morgan fingerprint density at radius 3 is 2.93 bits per heavy atom. The molecule has 0 radical (unpaired) electrons. The maximum Gasteiger partial charge on any atom is 0.254 e. The van der Waals surface area contributed by atoms with Crippen LogP contribution in [0.5, 0.6) is 0 Å². The molecule has 0 aliphatic carbocycles. The van der Waals surface area contributed by atoms with Gasteiger partial charge in [-0.15, -0.1) is 0 Å². The molecule has 3 heterocycles. The van der Waals surface area contributed by atoms with Crippen LogP contribution in [-0.4, -0.2) is 32.7 Å². The van der Waals surface area contributed by atoms with Crippen molar-refractivity contribution < 1.29 is 0 Å². The van der Waals surface area contributed by atoms with Crippen LogP contribution in [0.3, 0.4) is 0 Å². The minimum absolute atomic E-state index is 0.685. The molecule has 1 saturated heterocycles. The van der Waals surface area contributed by atoms with Crippen molar-refractivity contribution in [2.75, 3.05) is 18.0 Å². The number of nitrogens with zero attached hydrogens (tertiary/aromatic N) is 5. The third kappa shape index (κ3) is 1.26. The van der Waals surface area contributed by atoms with Gasteiger partial charge in [-0.25, -0.2) is 4.98 Å². The Morgan fingerprint density at radius 1 is 1.40 bits per heavy atom.